The predicted octanol–water partition coefficient (Wildman–Crippen LogP) is 5.49. The molecule has 0 aliphatic heterocycles. The maximum Gasteiger partial charge on any atom is 0.228 e. The number of aromatic nitrogens is 1. The minimum absolute atomic E-state index is 0.0636. The van der Waals surface area contributed by atoms with Gasteiger partial charge in [0.15, 0.2) is 0 Å². The molecule has 0 aliphatic carbocycles. The number of fused-ring (bicyclic) bond motifs is 1. The Kier molecular flexibility index (Phi) is 6.13. The number of rotatable bonds is 7. The molecule has 1 N–H and O–H groups in total. The van der Waals surface area contributed by atoms with Gasteiger partial charge < -0.3 is 14.8 Å². The van der Waals surface area contributed by atoms with Gasteiger partial charge in [-0.2, -0.15) is 0 Å². The molecule has 0 fully saturated rings. The Morgan fingerprint density at radius 1 is 0.968 bits per heavy atom. The number of nitrogens with one attached hydrogen (secondary N) is 1. The monoisotopic (exact) mass is 412 g/mol. The van der Waals surface area contributed by atoms with Gasteiger partial charge in [0.2, 0.25) is 5.91 Å². The molecule has 0 saturated carbocycles. The van der Waals surface area contributed by atoms with Crippen LogP contribution in [0.15, 0.2) is 78.9 Å². The lowest BCUT2D eigenvalue weighted by Gasteiger charge is -2.12. The molecule has 4 rings (SSSR count). The summed E-state index contributed by atoms with van der Waals surface area (Å²) >= 11 is 0. The van der Waals surface area contributed by atoms with Gasteiger partial charge in [0.1, 0.15) is 11.5 Å². The van der Waals surface area contributed by atoms with Gasteiger partial charge in [0.05, 0.1) is 31.3 Å². The molecule has 3 aromatic carbocycles. The highest BCUT2D eigenvalue weighted by atomic mass is 16.5. The fourth-order valence-electron chi connectivity index (χ4n) is 3.44. The van der Waals surface area contributed by atoms with Crippen molar-refractivity contribution < 1.29 is 14.3 Å². The first-order chi connectivity index (χ1) is 15.2. The van der Waals surface area contributed by atoms with Crippen molar-refractivity contribution in [2.45, 2.75) is 13.3 Å². The first-order valence-electron chi connectivity index (χ1n) is 10.2. The third-order valence-corrected chi connectivity index (χ3v) is 4.95. The summed E-state index contributed by atoms with van der Waals surface area (Å²) < 4.78 is 11.1. The van der Waals surface area contributed by atoms with Gasteiger partial charge in [-0.1, -0.05) is 30.3 Å². The number of anilines is 1. The molecule has 1 amide bonds. The van der Waals surface area contributed by atoms with Crippen LogP contribution in [0, 0.1) is 0 Å². The summed E-state index contributed by atoms with van der Waals surface area (Å²) in [6, 6.07) is 25.1. The zero-order valence-electron chi connectivity index (χ0n) is 17.6. The van der Waals surface area contributed by atoms with E-state index in [9.17, 15) is 4.79 Å². The largest absolute Gasteiger partial charge is 0.497 e. The quantitative estimate of drug-likeness (QED) is 0.436. The number of ether oxygens (including phenoxy) is 2. The molecule has 1 aromatic heterocycles. The summed E-state index contributed by atoms with van der Waals surface area (Å²) in [5.74, 6) is 1.47. The highest BCUT2D eigenvalue weighted by Gasteiger charge is 2.11. The zero-order chi connectivity index (χ0) is 21.6. The molecular formula is C26H24N2O3. The van der Waals surface area contributed by atoms with E-state index in [2.05, 4.69) is 5.32 Å². The summed E-state index contributed by atoms with van der Waals surface area (Å²) in [4.78, 5) is 17.3. The van der Waals surface area contributed by atoms with Crippen molar-refractivity contribution in [3.05, 3.63) is 84.4 Å². The van der Waals surface area contributed by atoms with E-state index in [0.717, 1.165) is 39.2 Å². The average molecular weight is 412 g/mol. The van der Waals surface area contributed by atoms with E-state index in [4.69, 9.17) is 14.5 Å². The van der Waals surface area contributed by atoms with Crippen LogP contribution in [-0.2, 0) is 11.2 Å². The lowest BCUT2D eigenvalue weighted by Crippen LogP contribution is -2.14. The second-order valence-corrected chi connectivity index (χ2v) is 7.11. The highest BCUT2D eigenvalue weighted by Crippen LogP contribution is 2.32. The standard InChI is InChI=1S/C26H24N2O3/c1-3-31-25-17-24(19-9-12-21(30-2)13-10-19)28-23-14-11-20(16-22(23)25)27-26(29)15-18-7-5-4-6-8-18/h4-14,16-17H,3,15H2,1-2H3,(H,27,29). The summed E-state index contributed by atoms with van der Waals surface area (Å²) in [5, 5.41) is 3.83. The van der Waals surface area contributed by atoms with Gasteiger partial charge in [-0.3, -0.25) is 4.79 Å². The van der Waals surface area contributed by atoms with Crippen molar-refractivity contribution in [1.29, 1.82) is 0 Å². The Morgan fingerprint density at radius 2 is 1.74 bits per heavy atom. The number of benzene rings is 3. The van der Waals surface area contributed by atoms with E-state index in [-0.39, 0.29) is 5.91 Å². The molecule has 5 nitrogen and oxygen atoms in total. The lowest BCUT2D eigenvalue weighted by atomic mass is 10.1. The Hall–Kier alpha value is -3.86. The highest BCUT2D eigenvalue weighted by molar-refractivity contribution is 5.96. The lowest BCUT2D eigenvalue weighted by molar-refractivity contribution is -0.115. The van der Waals surface area contributed by atoms with Crippen LogP contribution in [-0.4, -0.2) is 24.6 Å². The Bertz CT molecular complexity index is 1190. The molecule has 0 bridgehead atoms. The van der Waals surface area contributed by atoms with Crippen molar-refractivity contribution in [1.82, 2.24) is 4.98 Å². The molecule has 0 aliphatic rings. The number of hydrogen-bond donors (Lipinski definition) is 1. The van der Waals surface area contributed by atoms with Crippen LogP contribution in [0.4, 0.5) is 5.69 Å². The third kappa shape index (κ3) is 4.83. The van der Waals surface area contributed by atoms with Crippen molar-refractivity contribution in [2.75, 3.05) is 19.0 Å². The van der Waals surface area contributed by atoms with Crippen molar-refractivity contribution in [3.8, 4) is 22.8 Å². The number of nitrogens with zero attached hydrogens (tertiary/aromatic N) is 1. The topological polar surface area (TPSA) is 60.5 Å². The molecular weight excluding hydrogens is 388 g/mol. The third-order valence-electron chi connectivity index (χ3n) is 4.95. The van der Waals surface area contributed by atoms with Gasteiger partial charge in [-0.15, -0.1) is 0 Å². The molecule has 0 atom stereocenters. The molecule has 4 aromatic rings. The van der Waals surface area contributed by atoms with Crippen LogP contribution in [0.1, 0.15) is 12.5 Å². The minimum Gasteiger partial charge on any atom is -0.497 e. The predicted molar refractivity (Wildman–Crippen MR) is 124 cm³/mol. The van der Waals surface area contributed by atoms with Gasteiger partial charge in [-0.05, 0) is 55.0 Å². The first kappa shape index (κ1) is 20.4. The second-order valence-electron chi connectivity index (χ2n) is 7.11. The van der Waals surface area contributed by atoms with E-state index < -0.39 is 0 Å². The molecule has 0 saturated heterocycles. The Morgan fingerprint density at radius 3 is 2.45 bits per heavy atom. The first-order valence-corrected chi connectivity index (χ1v) is 10.2. The van der Waals surface area contributed by atoms with Crippen molar-refractivity contribution >= 4 is 22.5 Å². The number of hydrogen-bond acceptors (Lipinski definition) is 4. The van der Waals surface area contributed by atoms with Crippen LogP contribution < -0.4 is 14.8 Å². The van der Waals surface area contributed by atoms with Crippen molar-refractivity contribution in [3.63, 3.8) is 0 Å². The van der Waals surface area contributed by atoms with Gasteiger partial charge in [0.25, 0.3) is 0 Å². The summed E-state index contributed by atoms with van der Waals surface area (Å²) in [5.41, 5.74) is 4.29. The van der Waals surface area contributed by atoms with Crippen LogP contribution in [0.25, 0.3) is 22.2 Å². The van der Waals surface area contributed by atoms with E-state index in [1.807, 2.05) is 85.8 Å². The second kappa shape index (κ2) is 9.30. The SMILES string of the molecule is CCOc1cc(-c2ccc(OC)cc2)nc2ccc(NC(=O)Cc3ccccc3)cc12. The van der Waals surface area contributed by atoms with Crippen LogP contribution in [0.3, 0.4) is 0 Å². The normalized spacial score (nSPS) is 10.6. The molecule has 1 heterocycles. The molecule has 0 radical (unpaired) electrons. The average Bonchev–Trinajstić information content (AvgIpc) is 2.80. The molecule has 5 heteroatoms. The Labute approximate surface area is 181 Å². The van der Waals surface area contributed by atoms with Crippen LogP contribution in [0.5, 0.6) is 11.5 Å². The van der Waals surface area contributed by atoms with Crippen molar-refractivity contribution in [2.24, 2.45) is 0 Å². The summed E-state index contributed by atoms with van der Waals surface area (Å²) in [6.45, 7) is 2.48. The number of carbonyl (C=O) groups is 1. The fraction of sp³-hybridized carbons (Fsp3) is 0.154. The van der Waals surface area contributed by atoms with E-state index in [1.54, 1.807) is 7.11 Å². The smallest absolute Gasteiger partial charge is 0.228 e. The summed E-state index contributed by atoms with van der Waals surface area (Å²) in [7, 11) is 1.65. The number of pyridine rings is 1. The van der Waals surface area contributed by atoms with Crippen LogP contribution >= 0.6 is 0 Å². The van der Waals surface area contributed by atoms with Crippen LogP contribution in [0.2, 0.25) is 0 Å². The minimum atomic E-state index is -0.0636. The van der Waals surface area contributed by atoms with E-state index in [0.29, 0.717) is 18.7 Å². The molecule has 156 valence electrons. The molecule has 0 unspecified atom stereocenters. The Balaban J connectivity index is 1.63. The molecule has 31 heavy (non-hydrogen) atoms. The maximum atomic E-state index is 12.5. The zero-order valence-corrected chi connectivity index (χ0v) is 17.6. The van der Waals surface area contributed by atoms with Gasteiger partial charge >= 0.3 is 0 Å². The number of amides is 1. The fourth-order valence-corrected chi connectivity index (χ4v) is 3.44. The number of carbonyl (C=O) groups excluding carboxylic acids is 1. The number of methoxy groups -OCH3 is 1. The maximum absolute atomic E-state index is 12.5. The molecule has 0 spiro atoms. The van der Waals surface area contributed by atoms with Gasteiger partial charge in [-0.25, -0.2) is 4.98 Å². The van der Waals surface area contributed by atoms with E-state index in [1.165, 1.54) is 0 Å². The summed E-state index contributed by atoms with van der Waals surface area (Å²) in [6.07, 6.45) is 0.325. The van der Waals surface area contributed by atoms with Gasteiger partial charge in [0, 0.05) is 22.7 Å². The van der Waals surface area contributed by atoms with E-state index >= 15 is 0 Å².